The van der Waals surface area contributed by atoms with E-state index in [2.05, 4.69) is 6.58 Å². The van der Waals surface area contributed by atoms with Crippen molar-refractivity contribution in [3.8, 4) is 0 Å². The summed E-state index contributed by atoms with van der Waals surface area (Å²) >= 11 is 0. The number of esters is 1. The number of rotatable bonds is 4. The van der Waals surface area contributed by atoms with E-state index < -0.39 is 0 Å². The van der Waals surface area contributed by atoms with Crippen LogP contribution in [0.25, 0.3) is 0 Å². The van der Waals surface area contributed by atoms with Gasteiger partial charge in [-0.25, -0.2) is 4.79 Å². The Balaban J connectivity index is 3.95. The third kappa shape index (κ3) is 4.50. The van der Waals surface area contributed by atoms with E-state index in [-0.39, 0.29) is 5.97 Å². The summed E-state index contributed by atoms with van der Waals surface area (Å²) in [5.74, 6) is -0.363. The molecule has 0 amide bonds. The van der Waals surface area contributed by atoms with E-state index >= 15 is 0 Å². The fourth-order valence-electron chi connectivity index (χ4n) is 0.575. The Morgan fingerprint density at radius 3 is 2.67 bits per heavy atom. The van der Waals surface area contributed by atoms with Crippen LogP contribution in [0.2, 0.25) is 0 Å². The summed E-state index contributed by atoms with van der Waals surface area (Å²) in [6.45, 7) is 7.60. The van der Waals surface area contributed by atoms with Crippen molar-refractivity contribution in [3.63, 3.8) is 0 Å². The maximum atomic E-state index is 10.9. The summed E-state index contributed by atoms with van der Waals surface area (Å²) in [5.41, 5.74) is 0.370. The van der Waals surface area contributed by atoms with Crippen molar-refractivity contribution in [2.75, 3.05) is 6.61 Å². The zero-order valence-electron chi connectivity index (χ0n) is 7.54. The van der Waals surface area contributed by atoms with Gasteiger partial charge in [0.15, 0.2) is 0 Å². The van der Waals surface area contributed by atoms with Crippen LogP contribution in [0, 0.1) is 0 Å². The fourth-order valence-corrected chi connectivity index (χ4v) is 0.575. The summed E-state index contributed by atoms with van der Waals surface area (Å²) in [6.07, 6.45) is 7.07. The van der Waals surface area contributed by atoms with Crippen molar-refractivity contribution in [1.82, 2.24) is 0 Å². The summed E-state index contributed by atoms with van der Waals surface area (Å²) < 4.78 is 4.72. The first kappa shape index (κ1) is 10.7. The number of carbonyl (C=O) groups is 1. The Kier molecular flexibility index (Phi) is 5.70. The SMILES string of the molecule is C=C(/C=C\C=C/C)C(=O)OCC. The summed E-state index contributed by atoms with van der Waals surface area (Å²) in [5, 5.41) is 0. The predicted octanol–water partition coefficient (Wildman–Crippen LogP) is 2.24. The van der Waals surface area contributed by atoms with Crippen LogP contribution in [0.5, 0.6) is 0 Å². The number of hydrogen-bond acceptors (Lipinski definition) is 2. The third-order valence-electron chi connectivity index (χ3n) is 1.14. The molecule has 0 atom stereocenters. The van der Waals surface area contributed by atoms with Gasteiger partial charge < -0.3 is 4.74 Å². The van der Waals surface area contributed by atoms with Crippen LogP contribution >= 0.6 is 0 Å². The second-order valence-corrected chi connectivity index (χ2v) is 2.13. The lowest BCUT2D eigenvalue weighted by Gasteiger charge is -1.98. The van der Waals surface area contributed by atoms with E-state index in [4.69, 9.17) is 4.74 Å². The highest BCUT2D eigenvalue weighted by Gasteiger charge is 2.01. The molecule has 0 aliphatic carbocycles. The molecule has 0 saturated heterocycles. The van der Waals surface area contributed by atoms with Crippen LogP contribution in [-0.4, -0.2) is 12.6 Å². The highest BCUT2D eigenvalue weighted by molar-refractivity contribution is 5.90. The van der Waals surface area contributed by atoms with Crippen molar-refractivity contribution in [1.29, 1.82) is 0 Å². The quantitative estimate of drug-likeness (QED) is 0.363. The van der Waals surface area contributed by atoms with Crippen LogP contribution in [0.3, 0.4) is 0 Å². The maximum absolute atomic E-state index is 10.9. The second-order valence-electron chi connectivity index (χ2n) is 2.13. The van der Waals surface area contributed by atoms with Gasteiger partial charge in [-0.15, -0.1) is 0 Å². The average molecular weight is 166 g/mol. The van der Waals surface area contributed by atoms with Gasteiger partial charge in [0, 0.05) is 0 Å². The molecule has 0 unspecified atom stereocenters. The summed E-state index contributed by atoms with van der Waals surface area (Å²) in [7, 11) is 0. The van der Waals surface area contributed by atoms with Gasteiger partial charge in [-0.1, -0.05) is 24.8 Å². The van der Waals surface area contributed by atoms with Crippen LogP contribution in [0.4, 0.5) is 0 Å². The fraction of sp³-hybridized carbons (Fsp3) is 0.300. The predicted molar refractivity (Wildman–Crippen MR) is 49.7 cm³/mol. The molecule has 2 nitrogen and oxygen atoms in total. The molecule has 0 aromatic carbocycles. The second kappa shape index (κ2) is 6.40. The Morgan fingerprint density at radius 2 is 2.17 bits per heavy atom. The standard InChI is InChI=1S/C10H14O2/c1-4-6-7-8-9(3)10(11)12-5-2/h4,6-8H,3,5H2,1-2H3/b6-4-,8-7-. The van der Waals surface area contributed by atoms with E-state index in [9.17, 15) is 4.79 Å². The minimum absolute atomic E-state index is 0.363. The van der Waals surface area contributed by atoms with Crippen LogP contribution < -0.4 is 0 Å². The molecule has 0 heterocycles. The molecule has 0 fully saturated rings. The number of allylic oxidation sites excluding steroid dienone is 3. The molecule has 0 bridgehead atoms. The van der Waals surface area contributed by atoms with Gasteiger partial charge in [0.2, 0.25) is 0 Å². The molecule has 0 rings (SSSR count). The zero-order valence-corrected chi connectivity index (χ0v) is 7.54. The molecule has 0 N–H and O–H groups in total. The smallest absolute Gasteiger partial charge is 0.337 e. The van der Waals surface area contributed by atoms with Crippen LogP contribution in [0.15, 0.2) is 36.5 Å². The van der Waals surface area contributed by atoms with Crippen molar-refractivity contribution < 1.29 is 9.53 Å². The Labute approximate surface area is 73.2 Å². The van der Waals surface area contributed by atoms with E-state index in [0.717, 1.165) is 0 Å². The van der Waals surface area contributed by atoms with E-state index in [0.29, 0.717) is 12.2 Å². The molecule has 0 radical (unpaired) electrons. The Bertz CT molecular complexity index is 212. The third-order valence-corrected chi connectivity index (χ3v) is 1.14. The van der Waals surface area contributed by atoms with E-state index in [1.54, 1.807) is 19.1 Å². The van der Waals surface area contributed by atoms with Gasteiger partial charge >= 0.3 is 5.97 Å². The Morgan fingerprint density at radius 1 is 1.50 bits per heavy atom. The van der Waals surface area contributed by atoms with Crippen molar-refractivity contribution >= 4 is 5.97 Å². The van der Waals surface area contributed by atoms with Crippen LogP contribution in [0.1, 0.15) is 13.8 Å². The lowest BCUT2D eigenvalue weighted by molar-refractivity contribution is -0.138. The van der Waals surface area contributed by atoms with Crippen molar-refractivity contribution in [2.45, 2.75) is 13.8 Å². The average Bonchev–Trinajstić information content (AvgIpc) is 2.05. The molecule has 0 aliphatic rings. The van der Waals surface area contributed by atoms with Gasteiger partial charge in [-0.05, 0) is 19.9 Å². The molecule has 0 spiro atoms. The molecule has 0 aromatic heterocycles. The first-order valence-electron chi connectivity index (χ1n) is 3.87. The minimum Gasteiger partial charge on any atom is -0.462 e. The normalized spacial score (nSPS) is 10.8. The number of hydrogen-bond donors (Lipinski definition) is 0. The van der Waals surface area contributed by atoms with Crippen LogP contribution in [-0.2, 0) is 9.53 Å². The van der Waals surface area contributed by atoms with Gasteiger partial charge in [0.1, 0.15) is 0 Å². The van der Waals surface area contributed by atoms with Gasteiger partial charge in [0.05, 0.1) is 12.2 Å². The van der Waals surface area contributed by atoms with Crippen molar-refractivity contribution in [2.24, 2.45) is 0 Å². The highest BCUT2D eigenvalue weighted by Crippen LogP contribution is 1.96. The molecule has 12 heavy (non-hydrogen) atoms. The number of carbonyl (C=O) groups excluding carboxylic acids is 1. The molecule has 0 aromatic rings. The highest BCUT2D eigenvalue weighted by atomic mass is 16.5. The largest absolute Gasteiger partial charge is 0.462 e. The molecule has 2 heteroatoms. The topological polar surface area (TPSA) is 26.3 Å². The lowest BCUT2D eigenvalue weighted by Crippen LogP contribution is -2.04. The van der Waals surface area contributed by atoms with Gasteiger partial charge in [-0.2, -0.15) is 0 Å². The van der Waals surface area contributed by atoms with E-state index in [1.165, 1.54) is 0 Å². The minimum atomic E-state index is -0.363. The molecular weight excluding hydrogens is 152 g/mol. The first-order valence-corrected chi connectivity index (χ1v) is 3.87. The van der Waals surface area contributed by atoms with Gasteiger partial charge in [-0.3, -0.25) is 0 Å². The number of ether oxygens (including phenoxy) is 1. The maximum Gasteiger partial charge on any atom is 0.337 e. The molecular formula is C10H14O2. The lowest BCUT2D eigenvalue weighted by atomic mass is 10.3. The van der Waals surface area contributed by atoms with Gasteiger partial charge in [0.25, 0.3) is 0 Å². The zero-order chi connectivity index (χ0) is 9.40. The monoisotopic (exact) mass is 166 g/mol. The molecule has 0 aliphatic heterocycles. The first-order chi connectivity index (χ1) is 5.72. The molecule has 66 valence electrons. The molecule has 0 saturated carbocycles. The Hall–Kier alpha value is -1.31. The summed E-state index contributed by atoms with van der Waals surface area (Å²) in [6, 6.07) is 0. The van der Waals surface area contributed by atoms with E-state index in [1.807, 2.05) is 19.1 Å². The summed E-state index contributed by atoms with van der Waals surface area (Å²) in [4.78, 5) is 10.9. The van der Waals surface area contributed by atoms with Crippen molar-refractivity contribution in [3.05, 3.63) is 36.5 Å².